The Balaban J connectivity index is 1.61. The fourth-order valence-corrected chi connectivity index (χ4v) is 7.22. The highest BCUT2D eigenvalue weighted by molar-refractivity contribution is 7.89. The van der Waals surface area contributed by atoms with Crippen LogP contribution >= 0.6 is 0 Å². The molecule has 0 radical (unpaired) electrons. The molecule has 4 rings (SSSR count). The van der Waals surface area contributed by atoms with E-state index in [0.29, 0.717) is 50.0 Å². The maximum atomic E-state index is 15.3. The first kappa shape index (κ1) is 23.9. The molecule has 2 saturated heterocycles. The highest BCUT2D eigenvalue weighted by Gasteiger charge is 2.41. The van der Waals surface area contributed by atoms with E-state index < -0.39 is 26.6 Å². The van der Waals surface area contributed by atoms with Gasteiger partial charge in [0.2, 0.25) is 15.9 Å². The van der Waals surface area contributed by atoms with Gasteiger partial charge in [0.05, 0.1) is 5.54 Å². The number of carbonyl (C=O) groups is 1. The van der Waals surface area contributed by atoms with Gasteiger partial charge in [-0.1, -0.05) is 42.5 Å². The van der Waals surface area contributed by atoms with Gasteiger partial charge in [-0.2, -0.15) is 4.31 Å². The molecule has 2 aromatic rings. The standard InChI is InChI=1S/C25H31FN2O4S/c1-18-8-11-24(20-6-4-3-5-7-20)33(30,31)28(18)17-21-9-10-22(16-23(21)26)25(27-19(2)29)12-14-32-15-13-25/h3-7,9-10,16,18,24H,8,11-15,17H2,1-2H3,(H,27,29). The van der Waals surface area contributed by atoms with Crippen LogP contribution in [0.25, 0.3) is 0 Å². The van der Waals surface area contributed by atoms with Gasteiger partial charge in [0.1, 0.15) is 11.1 Å². The fourth-order valence-electron chi connectivity index (χ4n) is 5.04. The molecule has 33 heavy (non-hydrogen) atoms. The van der Waals surface area contributed by atoms with Crippen LogP contribution in [0.15, 0.2) is 48.5 Å². The van der Waals surface area contributed by atoms with E-state index in [-0.39, 0.29) is 18.5 Å². The molecule has 1 amide bonds. The Bertz CT molecular complexity index is 1100. The summed E-state index contributed by atoms with van der Waals surface area (Å²) >= 11 is 0. The Morgan fingerprint density at radius 1 is 1.15 bits per heavy atom. The quantitative estimate of drug-likeness (QED) is 0.710. The molecular weight excluding hydrogens is 443 g/mol. The van der Waals surface area contributed by atoms with Crippen molar-refractivity contribution in [1.29, 1.82) is 0 Å². The van der Waals surface area contributed by atoms with Gasteiger partial charge in [-0.15, -0.1) is 0 Å². The van der Waals surface area contributed by atoms with Crippen LogP contribution in [0.3, 0.4) is 0 Å². The van der Waals surface area contributed by atoms with Crippen LogP contribution in [-0.4, -0.2) is 37.9 Å². The number of carbonyl (C=O) groups excluding carboxylic acids is 1. The number of sulfonamides is 1. The van der Waals surface area contributed by atoms with Crippen molar-refractivity contribution < 1.29 is 22.3 Å². The molecule has 6 nitrogen and oxygen atoms in total. The Morgan fingerprint density at radius 3 is 2.48 bits per heavy atom. The van der Waals surface area contributed by atoms with E-state index in [1.54, 1.807) is 12.1 Å². The predicted molar refractivity (Wildman–Crippen MR) is 124 cm³/mol. The summed E-state index contributed by atoms with van der Waals surface area (Å²) in [6.45, 7) is 4.27. The Labute approximate surface area is 195 Å². The number of halogens is 1. The summed E-state index contributed by atoms with van der Waals surface area (Å²) in [4.78, 5) is 11.8. The first-order valence-corrected chi connectivity index (χ1v) is 12.9. The van der Waals surface area contributed by atoms with Crippen molar-refractivity contribution in [2.45, 2.75) is 62.9 Å². The van der Waals surface area contributed by atoms with E-state index in [0.717, 1.165) is 5.56 Å². The number of benzene rings is 2. The van der Waals surface area contributed by atoms with E-state index in [1.807, 2.05) is 37.3 Å². The number of hydrogen-bond acceptors (Lipinski definition) is 4. The van der Waals surface area contributed by atoms with Crippen LogP contribution in [-0.2, 0) is 31.6 Å². The van der Waals surface area contributed by atoms with Gasteiger partial charge in [0, 0.05) is 38.3 Å². The summed E-state index contributed by atoms with van der Waals surface area (Å²) in [5, 5.41) is 2.37. The Kier molecular flexibility index (Phi) is 6.88. The average molecular weight is 475 g/mol. The second-order valence-electron chi connectivity index (χ2n) is 9.10. The third kappa shape index (κ3) is 4.83. The van der Waals surface area contributed by atoms with Gasteiger partial charge in [0.25, 0.3) is 0 Å². The molecule has 8 heteroatoms. The summed E-state index contributed by atoms with van der Waals surface area (Å²) in [7, 11) is -3.65. The summed E-state index contributed by atoms with van der Waals surface area (Å²) in [5.41, 5.74) is 1.10. The molecule has 2 aliphatic rings. The zero-order valence-electron chi connectivity index (χ0n) is 19.1. The smallest absolute Gasteiger partial charge is 0.221 e. The lowest BCUT2D eigenvalue weighted by molar-refractivity contribution is -0.122. The summed E-state index contributed by atoms with van der Waals surface area (Å²) < 4.78 is 49.1. The van der Waals surface area contributed by atoms with Gasteiger partial charge < -0.3 is 10.1 Å². The molecular formula is C25H31FN2O4S. The summed E-state index contributed by atoms with van der Waals surface area (Å²) in [6, 6.07) is 13.9. The molecule has 2 unspecified atom stereocenters. The average Bonchev–Trinajstić information content (AvgIpc) is 2.78. The fraction of sp³-hybridized carbons (Fsp3) is 0.480. The molecule has 2 atom stereocenters. The van der Waals surface area contributed by atoms with E-state index in [9.17, 15) is 13.2 Å². The number of ether oxygens (including phenoxy) is 1. The minimum Gasteiger partial charge on any atom is -0.381 e. The number of rotatable bonds is 5. The number of nitrogens with zero attached hydrogens (tertiary/aromatic N) is 1. The molecule has 0 aliphatic carbocycles. The number of nitrogens with one attached hydrogen (secondary N) is 1. The van der Waals surface area contributed by atoms with Gasteiger partial charge in [-0.3, -0.25) is 4.79 Å². The van der Waals surface area contributed by atoms with Crippen LogP contribution in [0.5, 0.6) is 0 Å². The molecule has 0 bridgehead atoms. The molecule has 0 spiro atoms. The van der Waals surface area contributed by atoms with Crippen LogP contribution < -0.4 is 5.32 Å². The van der Waals surface area contributed by atoms with Gasteiger partial charge in [-0.25, -0.2) is 12.8 Å². The second-order valence-corrected chi connectivity index (χ2v) is 11.2. The maximum absolute atomic E-state index is 15.3. The predicted octanol–water partition coefficient (Wildman–Crippen LogP) is 4.02. The zero-order chi connectivity index (χ0) is 23.6. The van der Waals surface area contributed by atoms with Crippen LogP contribution in [0.4, 0.5) is 4.39 Å². The highest BCUT2D eigenvalue weighted by atomic mass is 32.2. The lowest BCUT2D eigenvalue weighted by Gasteiger charge is -2.39. The number of amides is 1. The molecule has 2 aliphatic heterocycles. The van der Waals surface area contributed by atoms with Crippen molar-refractivity contribution in [3.63, 3.8) is 0 Å². The Morgan fingerprint density at radius 2 is 1.85 bits per heavy atom. The minimum atomic E-state index is -3.65. The molecule has 178 valence electrons. The SMILES string of the molecule is CC(=O)NC1(c2ccc(CN3C(C)CCC(c4ccccc4)S3(=O)=O)c(F)c2)CCOCC1. The highest BCUT2D eigenvalue weighted by Crippen LogP contribution is 2.39. The third-order valence-electron chi connectivity index (χ3n) is 6.89. The zero-order valence-corrected chi connectivity index (χ0v) is 19.9. The Hall–Kier alpha value is -2.29. The molecule has 2 heterocycles. The first-order valence-electron chi connectivity index (χ1n) is 11.4. The van der Waals surface area contributed by atoms with E-state index >= 15 is 4.39 Å². The van der Waals surface area contributed by atoms with Crippen molar-refractivity contribution in [2.24, 2.45) is 0 Å². The molecule has 2 fully saturated rings. The van der Waals surface area contributed by atoms with Gasteiger partial charge in [0.15, 0.2) is 0 Å². The maximum Gasteiger partial charge on any atom is 0.221 e. The lowest BCUT2D eigenvalue weighted by Crippen LogP contribution is -2.48. The van der Waals surface area contributed by atoms with Crippen LogP contribution in [0.2, 0.25) is 0 Å². The third-order valence-corrected chi connectivity index (χ3v) is 9.26. The summed E-state index contributed by atoms with van der Waals surface area (Å²) in [6.07, 6.45) is 2.38. The van der Waals surface area contributed by atoms with Gasteiger partial charge >= 0.3 is 0 Å². The van der Waals surface area contributed by atoms with E-state index in [1.165, 1.54) is 17.3 Å². The van der Waals surface area contributed by atoms with Crippen LogP contribution in [0, 0.1) is 5.82 Å². The topological polar surface area (TPSA) is 75.7 Å². The first-order chi connectivity index (χ1) is 15.7. The van der Waals surface area contributed by atoms with E-state index in [2.05, 4.69) is 5.32 Å². The van der Waals surface area contributed by atoms with Crippen molar-refractivity contribution in [2.75, 3.05) is 13.2 Å². The van der Waals surface area contributed by atoms with E-state index in [4.69, 9.17) is 4.74 Å². The molecule has 0 saturated carbocycles. The minimum absolute atomic E-state index is 0.0187. The lowest BCUT2D eigenvalue weighted by atomic mass is 9.82. The molecule has 0 aromatic heterocycles. The van der Waals surface area contributed by atoms with Crippen molar-refractivity contribution >= 4 is 15.9 Å². The molecule has 2 aromatic carbocycles. The monoisotopic (exact) mass is 474 g/mol. The summed E-state index contributed by atoms with van der Waals surface area (Å²) in [5.74, 6) is -0.644. The largest absolute Gasteiger partial charge is 0.381 e. The number of hydrogen-bond donors (Lipinski definition) is 1. The van der Waals surface area contributed by atoms with Crippen molar-refractivity contribution in [3.05, 3.63) is 71.0 Å². The van der Waals surface area contributed by atoms with Crippen molar-refractivity contribution in [1.82, 2.24) is 9.62 Å². The second kappa shape index (κ2) is 9.52. The van der Waals surface area contributed by atoms with Gasteiger partial charge in [-0.05, 0) is 49.8 Å². The van der Waals surface area contributed by atoms with Crippen molar-refractivity contribution in [3.8, 4) is 0 Å². The normalized spacial score (nSPS) is 24.8. The van der Waals surface area contributed by atoms with Crippen LogP contribution in [0.1, 0.15) is 61.5 Å². The molecule has 1 N–H and O–H groups in total.